The quantitative estimate of drug-likeness (QED) is 0.678. The number of aryl methyl sites for hydroxylation is 2. The van der Waals surface area contributed by atoms with Gasteiger partial charge in [0.15, 0.2) is 0 Å². The summed E-state index contributed by atoms with van der Waals surface area (Å²) in [7, 11) is 3.98. The van der Waals surface area contributed by atoms with E-state index in [2.05, 4.69) is 20.0 Å². The zero-order chi connectivity index (χ0) is 18.7. The van der Waals surface area contributed by atoms with Crippen LogP contribution in [0.4, 0.5) is 0 Å². The van der Waals surface area contributed by atoms with E-state index in [1.807, 2.05) is 64.3 Å². The molecule has 7 heteroatoms. The summed E-state index contributed by atoms with van der Waals surface area (Å²) in [6.45, 7) is 5.72. The van der Waals surface area contributed by atoms with Gasteiger partial charge in [0.05, 0.1) is 0 Å². The lowest BCUT2D eigenvalue weighted by Gasteiger charge is -2.23. The number of fused-ring (bicyclic) bond motifs is 1. The van der Waals surface area contributed by atoms with Crippen molar-refractivity contribution in [2.45, 2.75) is 20.4 Å². The Morgan fingerprint density at radius 2 is 1.81 bits per heavy atom. The third kappa shape index (κ3) is 4.05. The fraction of sp³-hybridized carbons (Fsp3) is 0.368. The van der Waals surface area contributed by atoms with Gasteiger partial charge in [-0.25, -0.2) is 9.50 Å². The van der Waals surface area contributed by atoms with E-state index in [9.17, 15) is 4.79 Å². The van der Waals surface area contributed by atoms with Gasteiger partial charge in [-0.2, -0.15) is 4.98 Å². The molecule has 0 aliphatic carbocycles. The Hall–Kier alpha value is -2.80. The Morgan fingerprint density at radius 1 is 1.08 bits per heavy atom. The maximum atomic E-state index is 13.1. The van der Waals surface area contributed by atoms with Gasteiger partial charge in [-0.1, -0.05) is 30.3 Å². The Balaban J connectivity index is 1.89. The summed E-state index contributed by atoms with van der Waals surface area (Å²) in [4.78, 5) is 25.6. The van der Waals surface area contributed by atoms with Crippen LogP contribution in [0.5, 0.6) is 0 Å². The third-order valence-corrected chi connectivity index (χ3v) is 4.13. The van der Waals surface area contributed by atoms with E-state index < -0.39 is 0 Å². The Labute approximate surface area is 153 Å². The smallest absolute Gasteiger partial charge is 0.293 e. The number of hydrogen-bond acceptors (Lipinski definition) is 5. The second-order valence-electron chi connectivity index (χ2n) is 6.70. The van der Waals surface area contributed by atoms with E-state index in [0.717, 1.165) is 23.5 Å². The van der Waals surface area contributed by atoms with E-state index in [-0.39, 0.29) is 11.7 Å². The van der Waals surface area contributed by atoms with Gasteiger partial charge in [-0.3, -0.25) is 4.79 Å². The summed E-state index contributed by atoms with van der Waals surface area (Å²) >= 11 is 0. The number of hydrogen-bond donors (Lipinski definition) is 0. The highest BCUT2D eigenvalue weighted by atomic mass is 16.2. The zero-order valence-electron chi connectivity index (χ0n) is 15.7. The average molecular weight is 352 g/mol. The molecule has 3 rings (SSSR count). The molecule has 0 spiro atoms. The van der Waals surface area contributed by atoms with Gasteiger partial charge < -0.3 is 9.80 Å². The van der Waals surface area contributed by atoms with Crippen LogP contribution in [-0.2, 0) is 6.54 Å². The number of aromatic nitrogens is 4. The fourth-order valence-electron chi connectivity index (χ4n) is 2.78. The van der Waals surface area contributed by atoms with E-state index >= 15 is 0 Å². The van der Waals surface area contributed by atoms with Gasteiger partial charge in [-0.05, 0) is 39.6 Å². The third-order valence-electron chi connectivity index (χ3n) is 4.13. The van der Waals surface area contributed by atoms with Crippen LogP contribution < -0.4 is 0 Å². The minimum Gasteiger partial charge on any atom is -0.330 e. The molecule has 2 aromatic heterocycles. The molecule has 26 heavy (non-hydrogen) atoms. The maximum Gasteiger partial charge on any atom is 0.293 e. The minimum atomic E-state index is -0.182. The predicted molar refractivity (Wildman–Crippen MR) is 100.0 cm³/mol. The van der Waals surface area contributed by atoms with Crippen LogP contribution in [0.25, 0.3) is 5.78 Å². The molecule has 0 fully saturated rings. The van der Waals surface area contributed by atoms with Crippen molar-refractivity contribution in [1.82, 2.24) is 29.4 Å². The highest BCUT2D eigenvalue weighted by molar-refractivity contribution is 5.90. The SMILES string of the molecule is Cc1cc(C)n2nc(C(=O)N(CCN(C)C)Cc3ccccc3)nc2n1. The van der Waals surface area contributed by atoms with Crippen molar-refractivity contribution in [2.75, 3.05) is 27.2 Å². The van der Waals surface area contributed by atoms with Gasteiger partial charge >= 0.3 is 0 Å². The van der Waals surface area contributed by atoms with Crippen LogP contribution in [0, 0.1) is 13.8 Å². The van der Waals surface area contributed by atoms with Crippen molar-refractivity contribution in [2.24, 2.45) is 0 Å². The molecule has 0 aliphatic rings. The van der Waals surface area contributed by atoms with E-state index in [0.29, 0.717) is 18.9 Å². The number of benzene rings is 1. The van der Waals surface area contributed by atoms with Gasteiger partial charge in [0.2, 0.25) is 5.82 Å². The van der Waals surface area contributed by atoms with E-state index in [1.165, 1.54) is 0 Å². The van der Waals surface area contributed by atoms with Crippen LogP contribution in [0.3, 0.4) is 0 Å². The monoisotopic (exact) mass is 352 g/mol. The van der Waals surface area contributed by atoms with Gasteiger partial charge in [0.25, 0.3) is 11.7 Å². The lowest BCUT2D eigenvalue weighted by atomic mass is 10.2. The van der Waals surface area contributed by atoms with Crippen molar-refractivity contribution >= 4 is 11.7 Å². The van der Waals surface area contributed by atoms with Gasteiger partial charge in [-0.15, -0.1) is 5.10 Å². The molecule has 1 aromatic carbocycles. The number of rotatable bonds is 6. The number of carbonyl (C=O) groups is 1. The molecule has 0 atom stereocenters. The Morgan fingerprint density at radius 3 is 2.50 bits per heavy atom. The Kier molecular flexibility index (Phi) is 5.27. The van der Waals surface area contributed by atoms with Crippen LogP contribution in [0.1, 0.15) is 27.6 Å². The summed E-state index contributed by atoms with van der Waals surface area (Å²) in [5, 5.41) is 4.38. The summed E-state index contributed by atoms with van der Waals surface area (Å²) in [5.41, 5.74) is 2.84. The van der Waals surface area contributed by atoms with E-state index in [1.54, 1.807) is 9.42 Å². The first-order valence-corrected chi connectivity index (χ1v) is 8.63. The van der Waals surface area contributed by atoms with Crippen LogP contribution in [-0.4, -0.2) is 62.5 Å². The first-order chi connectivity index (χ1) is 12.4. The molecule has 0 saturated heterocycles. The molecule has 1 amide bonds. The van der Waals surface area contributed by atoms with Crippen LogP contribution in [0.2, 0.25) is 0 Å². The van der Waals surface area contributed by atoms with Crippen molar-refractivity contribution in [3.63, 3.8) is 0 Å². The molecule has 0 saturated carbocycles. The first kappa shape index (κ1) is 18.0. The zero-order valence-corrected chi connectivity index (χ0v) is 15.7. The molecule has 2 heterocycles. The molecule has 0 aliphatic heterocycles. The van der Waals surface area contributed by atoms with Crippen molar-refractivity contribution in [3.8, 4) is 0 Å². The average Bonchev–Trinajstić information content (AvgIpc) is 3.03. The maximum absolute atomic E-state index is 13.1. The van der Waals surface area contributed by atoms with Crippen LogP contribution >= 0.6 is 0 Å². The number of likely N-dealkylation sites (N-methyl/N-ethyl adjacent to an activating group) is 1. The minimum absolute atomic E-state index is 0.181. The number of carbonyl (C=O) groups excluding carboxylic acids is 1. The molecular formula is C19H24N6O. The molecule has 0 N–H and O–H groups in total. The Bertz CT molecular complexity index is 903. The standard InChI is InChI=1S/C19H24N6O/c1-14-12-15(2)25-19(20-14)21-17(22-25)18(26)24(11-10-23(3)4)13-16-8-6-5-7-9-16/h5-9,12H,10-11,13H2,1-4H3. The summed E-state index contributed by atoms with van der Waals surface area (Å²) in [5.74, 6) is 0.456. The fourth-order valence-corrected chi connectivity index (χ4v) is 2.78. The van der Waals surface area contributed by atoms with Crippen molar-refractivity contribution < 1.29 is 4.79 Å². The molecule has 7 nitrogen and oxygen atoms in total. The largest absolute Gasteiger partial charge is 0.330 e. The van der Waals surface area contributed by atoms with Crippen molar-refractivity contribution in [3.05, 3.63) is 59.2 Å². The molecule has 0 unspecified atom stereocenters. The topological polar surface area (TPSA) is 66.6 Å². The highest BCUT2D eigenvalue weighted by Gasteiger charge is 2.22. The summed E-state index contributed by atoms with van der Waals surface area (Å²) in [6.07, 6.45) is 0. The molecular weight excluding hydrogens is 328 g/mol. The van der Waals surface area contributed by atoms with E-state index in [4.69, 9.17) is 0 Å². The summed E-state index contributed by atoms with van der Waals surface area (Å²) < 4.78 is 1.62. The van der Waals surface area contributed by atoms with Gasteiger partial charge in [0, 0.05) is 31.0 Å². The molecule has 0 radical (unpaired) electrons. The highest BCUT2D eigenvalue weighted by Crippen LogP contribution is 2.10. The summed E-state index contributed by atoms with van der Waals surface area (Å²) in [6, 6.07) is 11.9. The van der Waals surface area contributed by atoms with Crippen LogP contribution in [0.15, 0.2) is 36.4 Å². The number of nitrogens with zero attached hydrogens (tertiary/aromatic N) is 6. The normalized spacial score (nSPS) is 11.3. The first-order valence-electron chi connectivity index (χ1n) is 8.63. The molecule has 3 aromatic rings. The predicted octanol–water partition coefficient (Wildman–Crippen LogP) is 1.95. The second-order valence-corrected chi connectivity index (χ2v) is 6.70. The van der Waals surface area contributed by atoms with Crippen molar-refractivity contribution in [1.29, 1.82) is 0 Å². The second kappa shape index (κ2) is 7.61. The molecule has 0 bridgehead atoms. The molecule has 136 valence electrons. The van der Waals surface area contributed by atoms with Gasteiger partial charge in [0.1, 0.15) is 0 Å². The lowest BCUT2D eigenvalue weighted by Crippen LogP contribution is -2.36. The number of amides is 1. The lowest BCUT2D eigenvalue weighted by molar-refractivity contribution is 0.0720.